The van der Waals surface area contributed by atoms with E-state index in [9.17, 15) is 14.4 Å². The molecule has 0 amide bonds. The summed E-state index contributed by atoms with van der Waals surface area (Å²) in [5, 5.41) is 1.17. The normalized spacial score (nSPS) is 12.3. The Morgan fingerprint density at radius 3 is 2.45 bits per heavy atom. The molecule has 2 heterocycles. The third-order valence-electron chi connectivity index (χ3n) is 5.83. The molecule has 0 aliphatic rings. The molecule has 0 aliphatic heterocycles. The van der Waals surface area contributed by atoms with Gasteiger partial charge in [-0.2, -0.15) is 0 Å². The maximum absolute atomic E-state index is 13.1. The lowest BCUT2D eigenvalue weighted by Gasteiger charge is -2.18. The van der Waals surface area contributed by atoms with Crippen LogP contribution in [0.5, 0.6) is 0 Å². The third kappa shape index (κ3) is 3.63. The molecule has 0 saturated carbocycles. The molecule has 0 spiro atoms. The van der Waals surface area contributed by atoms with Gasteiger partial charge >= 0.3 is 11.9 Å². The SMILES string of the molecule is CCOC(=O)c1c(C)c2c(nc3cc(C)ccn32)c2c(C(C(C)=O)C(=O)OCC)cccc12. The predicted molar refractivity (Wildman–Crippen MR) is 126 cm³/mol. The summed E-state index contributed by atoms with van der Waals surface area (Å²) in [5.74, 6) is -2.55. The topological polar surface area (TPSA) is 87.0 Å². The van der Waals surface area contributed by atoms with Crippen molar-refractivity contribution in [1.29, 1.82) is 0 Å². The molecule has 0 radical (unpaired) electrons. The minimum atomic E-state index is -1.12. The van der Waals surface area contributed by atoms with Crippen LogP contribution in [0.3, 0.4) is 0 Å². The van der Waals surface area contributed by atoms with Gasteiger partial charge in [0.1, 0.15) is 17.3 Å². The fourth-order valence-corrected chi connectivity index (χ4v) is 4.49. The monoisotopic (exact) mass is 446 g/mol. The first-order chi connectivity index (χ1) is 15.8. The lowest BCUT2D eigenvalue weighted by atomic mass is 9.87. The molecule has 4 rings (SSSR count). The van der Waals surface area contributed by atoms with E-state index >= 15 is 0 Å². The highest BCUT2D eigenvalue weighted by Crippen LogP contribution is 2.38. The van der Waals surface area contributed by atoms with Crippen LogP contribution in [-0.2, 0) is 19.1 Å². The second kappa shape index (κ2) is 8.65. The Hall–Kier alpha value is -3.74. The first kappa shape index (κ1) is 22.5. The van der Waals surface area contributed by atoms with Crippen molar-refractivity contribution in [2.24, 2.45) is 0 Å². The molecule has 0 N–H and O–H groups in total. The van der Waals surface area contributed by atoms with Gasteiger partial charge in [-0.1, -0.05) is 18.2 Å². The molecule has 33 heavy (non-hydrogen) atoms. The number of carbonyl (C=O) groups excluding carboxylic acids is 3. The van der Waals surface area contributed by atoms with E-state index < -0.39 is 17.9 Å². The van der Waals surface area contributed by atoms with Crippen molar-refractivity contribution in [1.82, 2.24) is 9.38 Å². The number of esters is 2. The molecule has 7 nitrogen and oxygen atoms in total. The number of nitrogens with zero attached hydrogens (tertiary/aromatic N) is 2. The fourth-order valence-electron chi connectivity index (χ4n) is 4.49. The minimum Gasteiger partial charge on any atom is -0.465 e. The van der Waals surface area contributed by atoms with Crippen molar-refractivity contribution < 1.29 is 23.9 Å². The van der Waals surface area contributed by atoms with Crippen LogP contribution in [-0.4, -0.2) is 40.3 Å². The summed E-state index contributed by atoms with van der Waals surface area (Å²) in [6.45, 7) is 9.04. The van der Waals surface area contributed by atoms with Crippen LogP contribution in [0.1, 0.15) is 53.7 Å². The van der Waals surface area contributed by atoms with E-state index in [2.05, 4.69) is 0 Å². The quantitative estimate of drug-likeness (QED) is 0.316. The zero-order valence-electron chi connectivity index (χ0n) is 19.4. The molecule has 1 unspecified atom stereocenters. The van der Waals surface area contributed by atoms with E-state index in [4.69, 9.17) is 14.5 Å². The summed E-state index contributed by atoms with van der Waals surface area (Å²) in [7, 11) is 0. The van der Waals surface area contributed by atoms with Crippen molar-refractivity contribution in [3.05, 3.63) is 58.8 Å². The van der Waals surface area contributed by atoms with Crippen molar-refractivity contribution in [2.45, 2.75) is 40.5 Å². The van der Waals surface area contributed by atoms with Gasteiger partial charge in [0.25, 0.3) is 0 Å². The van der Waals surface area contributed by atoms with E-state index in [1.54, 1.807) is 32.0 Å². The van der Waals surface area contributed by atoms with E-state index in [0.29, 0.717) is 33.1 Å². The number of carbonyl (C=O) groups is 3. The van der Waals surface area contributed by atoms with Gasteiger partial charge < -0.3 is 9.47 Å². The van der Waals surface area contributed by atoms with E-state index in [-0.39, 0.29) is 19.0 Å². The van der Waals surface area contributed by atoms with Crippen LogP contribution >= 0.6 is 0 Å². The Kier molecular flexibility index (Phi) is 5.89. The smallest absolute Gasteiger partial charge is 0.339 e. The number of hydrogen-bond donors (Lipinski definition) is 0. The molecule has 0 aliphatic carbocycles. The van der Waals surface area contributed by atoms with Gasteiger partial charge in [-0.3, -0.25) is 14.0 Å². The molecule has 2 aromatic carbocycles. The van der Waals surface area contributed by atoms with Crippen molar-refractivity contribution in [2.75, 3.05) is 13.2 Å². The molecule has 7 heteroatoms. The lowest BCUT2D eigenvalue weighted by molar-refractivity contribution is -0.147. The molecule has 2 aromatic heterocycles. The molecule has 0 bridgehead atoms. The molecular weight excluding hydrogens is 420 g/mol. The maximum atomic E-state index is 13.1. The number of rotatable bonds is 6. The number of ketones is 1. The maximum Gasteiger partial charge on any atom is 0.339 e. The number of aromatic nitrogens is 2. The van der Waals surface area contributed by atoms with Crippen molar-refractivity contribution >= 4 is 45.2 Å². The first-order valence-corrected chi connectivity index (χ1v) is 11.0. The molecule has 0 saturated heterocycles. The summed E-state index contributed by atoms with van der Waals surface area (Å²) in [5.41, 5.74) is 4.69. The Morgan fingerprint density at radius 2 is 1.79 bits per heavy atom. The second-order valence-electron chi connectivity index (χ2n) is 8.03. The Balaban J connectivity index is 2.22. The highest BCUT2D eigenvalue weighted by Gasteiger charge is 2.31. The van der Waals surface area contributed by atoms with Gasteiger partial charge in [0.2, 0.25) is 0 Å². The fraction of sp³-hybridized carbons (Fsp3) is 0.308. The molecule has 170 valence electrons. The van der Waals surface area contributed by atoms with Gasteiger partial charge in [-0.15, -0.1) is 0 Å². The first-order valence-electron chi connectivity index (χ1n) is 11.0. The van der Waals surface area contributed by atoms with E-state index in [1.165, 1.54) is 6.92 Å². The molecule has 4 aromatic rings. The number of aryl methyl sites for hydroxylation is 2. The van der Waals surface area contributed by atoms with Gasteiger partial charge in [-0.25, -0.2) is 9.78 Å². The van der Waals surface area contributed by atoms with Crippen LogP contribution in [0, 0.1) is 13.8 Å². The molecule has 0 fully saturated rings. The average Bonchev–Trinajstić information content (AvgIpc) is 3.13. The van der Waals surface area contributed by atoms with Gasteiger partial charge in [0, 0.05) is 11.6 Å². The standard InChI is InChI=1S/C26H26N2O5/c1-6-32-25(30)20-15(4)24-23(27-19-13-14(3)11-12-28(19)24)22-17(20)9-8-10-18(22)21(16(5)29)26(31)33-7-2/h8-13,21H,6-7H2,1-5H3. The Labute approximate surface area is 191 Å². The third-order valence-corrected chi connectivity index (χ3v) is 5.83. The van der Waals surface area contributed by atoms with Crippen molar-refractivity contribution in [3.8, 4) is 0 Å². The molecule has 1 atom stereocenters. The second-order valence-corrected chi connectivity index (χ2v) is 8.03. The van der Waals surface area contributed by atoms with Gasteiger partial charge in [0.05, 0.1) is 29.8 Å². The largest absolute Gasteiger partial charge is 0.465 e. The van der Waals surface area contributed by atoms with E-state index in [0.717, 1.165) is 16.6 Å². The lowest BCUT2D eigenvalue weighted by Crippen LogP contribution is -2.23. The molecular formula is C26H26N2O5. The Bertz CT molecular complexity index is 1430. The summed E-state index contributed by atoms with van der Waals surface area (Å²) < 4.78 is 12.5. The number of pyridine rings is 1. The summed E-state index contributed by atoms with van der Waals surface area (Å²) >= 11 is 0. The average molecular weight is 447 g/mol. The summed E-state index contributed by atoms with van der Waals surface area (Å²) in [6.07, 6.45) is 1.91. The number of Topliss-reactive ketones (excluding diaryl/α,β-unsaturated/α-hetero) is 1. The van der Waals surface area contributed by atoms with Crippen LogP contribution < -0.4 is 0 Å². The van der Waals surface area contributed by atoms with Crippen LogP contribution in [0.25, 0.3) is 27.5 Å². The number of ether oxygens (including phenoxy) is 2. The van der Waals surface area contributed by atoms with Gasteiger partial charge in [0.15, 0.2) is 0 Å². The highest BCUT2D eigenvalue weighted by molar-refractivity contribution is 6.20. The van der Waals surface area contributed by atoms with E-state index in [1.807, 2.05) is 36.6 Å². The highest BCUT2D eigenvalue weighted by atomic mass is 16.5. The van der Waals surface area contributed by atoms with Crippen molar-refractivity contribution in [3.63, 3.8) is 0 Å². The predicted octanol–water partition coefficient (Wildman–Crippen LogP) is 4.67. The zero-order chi connectivity index (χ0) is 23.9. The summed E-state index contributed by atoms with van der Waals surface area (Å²) in [6, 6.07) is 9.18. The van der Waals surface area contributed by atoms with Crippen LogP contribution in [0.15, 0.2) is 36.5 Å². The summed E-state index contributed by atoms with van der Waals surface area (Å²) in [4.78, 5) is 43.4. The Morgan fingerprint density at radius 1 is 1.06 bits per heavy atom. The number of fused-ring (bicyclic) bond motifs is 5. The zero-order valence-corrected chi connectivity index (χ0v) is 19.4. The van der Waals surface area contributed by atoms with Crippen LogP contribution in [0.4, 0.5) is 0 Å². The number of hydrogen-bond acceptors (Lipinski definition) is 6. The minimum absolute atomic E-state index is 0.156. The van der Waals surface area contributed by atoms with Gasteiger partial charge in [-0.05, 0) is 68.8 Å². The van der Waals surface area contributed by atoms with Crippen LogP contribution in [0.2, 0.25) is 0 Å². The number of benzene rings is 2. The number of imidazole rings is 1.